The molecule has 0 aliphatic carbocycles. The van der Waals surface area contributed by atoms with Crippen LogP contribution in [-0.4, -0.2) is 22.8 Å². The summed E-state index contributed by atoms with van der Waals surface area (Å²) in [5.74, 6) is 1.82. The van der Waals surface area contributed by atoms with E-state index in [1.54, 1.807) is 0 Å². The summed E-state index contributed by atoms with van der Waals surface area (Å²) in [7, 11) is 0. The Hall–Kier alpha value is -1.26. The van der Waals surface area contributed by atoms with Crippen LogP contribution >= 0.6 is 12.4 Å². The molecule has 4 nitrogen and oxygen atoms in total. The van der Waals surface area contributed by atoms with Crippen LogP contribution in [0.5, 0.6) is 0 Å². The molecule has 0 amide bonds. The maximum atomic E-state index is 5.91. The normalized spacial score (nSPS) is 16.7. The minimum absolute atomic E-state index is 0. The van der Waals surface area contributed by atoms with Gasteiger partial charge in [0.1, 0.15) is 5.82 Å². The fourth-order valence-electron chi connectivity index (χ4n) is 3.09. The Morgan fingerprint density at radius 2 is 1.95 bits per heavy atom. The zero-order chi connectivity index (χ0) is 15.0. The van der Waals surface area contributed by atoms with Gasteiger partial charge in [-0.1, -0.05) is 20.8 Å². The number of imidazole rings is 1. The number of aromatic nitrogens is 2. The lowest BCUT2D eigenvalue weighted by atomic mass is 9.94. The second-order valence-electron chi connectivity index (χ2n) is 7.10. The Morgan fingerprint density at radius 3 is 2.59 bits per heavy atom. The first-order valence-corrected chi connectivity index (χ1v) is 7.79. The summed E-state index contributed by atoms with van der Waals surface area (Å²) in [6.45, 7) is 9.45. The van der Waals surface area contributed by atoms with Gasteiger partial charge in [-0.05, 0) is 37.0 Å². The van der Waals surface area contributed by atoms with Gasteiger partial charge in [0, 0.05) is 30.9 Å². The maximum Gasteiger partial charge on any atom is 0.115 e. The van der Waals surface area contributed by atoms with Crippen LogP contribution in [0.3, 0.4) is 0 Å². The van der Waals surface area contributed by atoms with Crippen molar-refractivity contribution in [2.24, 2.45) is 5.92 Å². The summed E-state index contributed by atoms with van der Waals surface area (Å²) in [6, 6.07) is 6.05. The summed E-state index contributed by atoms with van der Waals surface area (Å²) in [4.78, 5) is 4.86. The summed E-state index contributed by atoms with van der Waals surface area (Å²) in [5.41, 5.74) is 8.92. The molecule has 0 bridgehead atoms. The number of ether oxygens (including phenoxy) is 1. The van der Waals surface area contributed by atoms with Crippen molar-refractivity contribution in [3.63, 3.8) is 0 Å². The van der Waals surface area contributed by atoms with Crippen LogP contribution in [0.25, 0.3) is 11.0 Å². The molecule has 0 radical (unpaired) electrons. The number of nitrogens with two attached hydrogens (primary N) is 1. The summed E-state index contributed by atoms with van der Waals surface area (Å²) < 4.78 is 7.87. The standard InChI is InChI=1S/C17H25N3O.ClH/c1-17(2,3)16-19-14-10-13(18)4-5-15(14)20(16)11-12-6-8-21-9-7-12;/h4-5,10,12H,6-9,11,18H2,1-3H3;1H. The largest absolute Gasteiger partial charge is 0.399 e. The predicted molar refractivity (Wildman–Crippen MR) is 93.6 cm³/mol. The van der Waals surface area contributed by atoms with E-state index in [9.17, 15) is 0 Å². The molecule has 0 unspecified atom stereocenters. The molecule has 1 saturated heterocycles. The number of hydrogen-bond donors (Lipinski definition) is 1. The van der Waals surface area contributed by atoms with Gasteiger partial charge in [0.15, 0.2) is 0 Å². The molecular weight excluding hydrogens is 298 g/mol. The van der Waals surface area contributed by atoms with Crippen LogP contribution in [0.1, 0.15) is 39.4 Å². The van der Waals surface area contributed by atoms with Crippen LogP contribution < -0.4 is 5.73 Å². The Morgan fingerprint density at radius 1 is 1.27 bits per heavy atom. The molecule has 2 aromatic rings. The first kappa shape index (κ1) is 17.1. The SMILES string of the molecule is CC(C)(C)c1nc2cc(N)ccc2n1CC1CCOCC1.Cl. The van der Waals surface area contributed by atoms with Gasteiger partial charge in [0.25, 0.3) is 0 Å². The van der Waals surface area contributed by atoms with Gasteiger partial charge in [-0.25, -0.2) is 4.98 Å². The molecule has 0 atom stereocenters. The van der Waals surface area contributed by atoms with Gasteiger partial charge in [0.2, 0.25) is 0 Å². The van der Waals surface area contributed by atoms with Crippen LogP contribution in [0, 0.1) is 5.92 Å². The summed E-state index contributed by atoms with van der Waals surface area (Å²) in [5, 5.41) is 0. The topological polar surface area (TPSA) is 53.1 Å². The lowest BCUT2D eigenvalue weighted by molar-refractivity contribution is 0.0611. The van der Waals surface area contributed by atoms with E-state index in [-0.39, 0.29) is 17.8 Å². The zero-order valence-corrected chi connectivity index (χ0v) is 14.4. The fraction of sp³-hybridized carbons (Fsp3) is 0.588. The molecule has 1 aromatic carbocycles. The number of anilines is 1. The minimum Gasteiger partial charge on any atom is -0.399 e. The average molecular weight is 324 g/mol. The van der Waals surface area contributed by atoms with Crippen molar-refractivity contribution in [2.45, 2.75) is 45.6 Å². The fourth-order valence-corrected chi connectivity index (χ4v) is 3.09. The number of halogens is 1. The van der Waals surface area contributed by atoms with Gasteiger partial charge in [-0.15, -0.1) is 12.4 Å². The van der Waals surface area contributed by atoms with Crippen molar-refractivity contribution in [3.8, 4) is 0 Å². The molecule has 1 fully saturated rings. The quantitative estimate of drug-likeness (QED) is 0.856. The first-order valence-electron chi connectivity index (χ1n) is 7.79. The second kappa shape index (κ2) is 6.47. The molecule has 3 rings (SSSR count). The number of benzene rings is 1. The monoisotopic (exact) mass is 323 g/mol. The lowest BCUT2D eigenvalue weighted by Crippen LogP contribution is -2.25. The van der Waals surface area contributed by atoms with Crippen molar-refractivity contribution >= 4 is 29.1 Å². The molecule has 1 aliphatic rings. The van der Waals surface area contributed by atoms with Crippen LogP contribution in [0.15, 0.2) is 18.2 Å². The Balaban J connectivity index is 0.00000176. The van der Waals surface area contributed by atoms with Crippen LogP contribution in [0.2, 0.25) is 0 Å². The molecule has 1 aromatic heterocycles. The summed E-state index contributed by atoms with van der Waals surface area (Å²) >= 11 is 0. The molecule has 22 heavy (non-hydrogen) atoms. The molecule has 2 N–H and O–H groups in total. The van der Waals surface area contributed by atoms with Crippen molar-refractivity contribution in [1.82, 2.24) is 9.55 Å². The first-order chi connectivity index (χ1) is 9.95. The average Bonchev–Trinajstić information content (AvgIpc) is 2.78. The highest BCUT2D eigenvalue weighted by atomic mass is 35.5. The number of nitrogens with zero attached hydrogens (tertiary/aromatic N) is 2. The van der Waals surface area contributed by atoms with Gasteiger partial charge < -0.3 is 15.0 Å². The van der Waals surface area contributed by atoms with E-state index in [2.05, 4.69) is 31.4 Å². The smallest absolute Gasteiger partial charge is 0.115 e. The maximum absolute atomic E-state index is 5.91. The summed E-state index contributed by atoms with van der Waals surface area (Å²) in [6.07, 6.45) is 2.27. The third kappa shape index (κ3) is 3.39. The molecule has 2 heterocycles. The third-order valence-corrected chi connectivity index (χ3v) is 4.22. The highest BCUT2D eigenvalue weighted by Gasteiger charge is 2.25. The van der Waals surface area contributed by atoms with E-state index in [0.29, 0.717) is 5.92 Å². The van der Waals surface area contributed by atoms with Crippen LogP contribution in [0.4, 0.5) is 5.69 Å². The van der Waals surface area contributed by atoms with Crippen molar-refractivity contribution < 1.29 is 4.74 Å². The van der Waals surface area contributed by atoms with Gasteiger partial charge >= 0.3 is 0 Å². The Labute approximate surface area is 138 Å². The number of hydrogen-bond acceptors (Lipinski definition) is 3. The van der Waals surface area contributed by atoms with E-state index >= 15 is 0 Å². The molecule has 0 spiro atoms. The van der Waals surface area contributed by atoms with Gasteiger partial charge in [0.05, 0.1) is 11.0 Å². The van der Waals surface area contributed by atoms with E-state index in [1.807, 2.05) is 12.1 Å². The van der Waals surface area contributed by atoms with Crippen molar-refractivity contribution in [2.75, 3.05) is 18.9 Å². The van der Waals surface area contributed by atoms with Gasteiger partial charge in [-0.2, -0.15) is 0 Å². The highest BCUT2D eigenvalue weighted by Crippen LogP contribution is 2.29. The number of rotatable bonds is 2. The van der Waals surface area contributed by atoms with Crippen molar-refractivity contribution in [3.05, 3.63) is 24.0 Å². The van der Waals surface area contributed by atoms with Crippen molar-refractivity contribution in [1.29, 1.82) is 0 Å². The number of fused-ring (bicyclic) bond motifs is 1. The Kier molecular flexibility index (Phi) is 5.03. The van der Waals surface area contributed by atoms with Gasteiger partial charge in [-0.3, -0.25) is 0 Å². The minimum atomic E-state index is 0. The zero-order valence-electron chi connectivity index (χ0n) is 13.6. The molecule has 122 valence electrons. The van der Waals surface area contributed by atoms with E-state index in [0.717, 1.165) is 49.6 Å². The second-order valence-corrected chi connectivity index (χ2v) is 7.10. The molecule has 0 saturated carbocycles. The third-order valence-electron chi connectivity index (χ3n) is 4.22. The number of nitrogen functional groups attached to an aromatic ring is 1. The van der Waals surface area contributed by atoms with E-state index < -0.39 is 0 Å². The Bertz CT molecular complexity index is 639. The highest BCUT2D eigenvalue weighted by molar-refractivity contribution is 5.85. The predicted octanol–water partition coefficient (Wildman–Crippen LogP) is 3.76. The molecular formula is C17H26ClN3O. The lowest BCUT2D eigenvalue weighted by Gasteiger charge is -2.26. The van der Waals surface area contributed by atoms with E-state index in [1.165, 1.54) is 5.52 Å². The molecule has 1 aliphatic heterocycles. The van der Waals surface area contributed by atoms with Crippen LogP contribution in [-0.2, 0) is 16.7 Å². The molecule has 5 heteroatoms. The van der Waals surface area contributed by atoms with E-state index in [4.69, 9.17) is 15.5 Å².